The van der Waals surface area contributed by atoms with Gasteiger partial charge in [-0.2, -0.15) is 0 Å². The van der Waals surface area contributed by atoms with E-state index >= 15 is 0 Å². The van der Waals surface area contributed by atoms with Crippen molar-refractivity contribution in [2.24, 2.45) is 0 Å². The zero-order chi connectivity index (χ0) is 10.7. The molecule has 1 aromatic heterocycles. The molecule has 0 N–H and O–H groups in total. The van der Waals surface area contributed by atoms with Gasteiger partial charge in [0.05, 0.1) is 18.7 Å². The summed E-state index contributed by atoms with van der Waals surface area (Å²) >= 11 is 5.43. The Morgan fingerprint density at radius 3 is 2.64 bits per heavy atom. The summed E-state index contributed by atoms with van der Waals surface area (Å²) in [5, 5.41) is 0. The molecule has 0 amide bonds. The van der Waals surface area contributed by atoms with Crippen LogP contribution >= 0.6 is 11.6 Å². The van der Waals surface area contributed by atoms with Crippen LogP contribution in [0.3, 0.4) is 0 Å². The quantitative estimate of drug-likeness (QED) is 0.738. The maximum absolute atomic E-state index is 12.9. The van der Waals surface area contributed by atoms with Gasteiger partial charge in [0, 0.05) is 6.07 Å². The van der Waals surface area contributed by atoms with Crippen LogP contribution in [0.15, 0.2) is 6.07 Å². The van der Waals surface area contributed by atoms with E-state index < -0.39 is 17.9 Å². The van der Waals surface area contributed by atoms with Crippen molar-refractivity contribution in [2.75, 3.05) is 7.11 Å². The van der Waals surface area contributed by atoms with Gasteiger partial charge in [-0.1, -0.05) is 0 Å². The molecule has 0 atom stereocenters. The molecular weight excluding hydrogens is 219 g/mol. The maximum atomic E-state index is 12.9. The number of ether oxygens (including phenoxy) is 1. The molecule has 0 aromatic carbocycles. The van der Waals surface area contributed by atoms with E-state index in [0.717, 1.165) is 6.07 Å². The summed E-state index contributed by atoms with van der Waals surface area (Å²) in [6.07, 6.45) is -2.96. The molecule has 0 spiro atoms. The van der Waals surface area contributed by atoms with Crippen molar-refractivity contribution in [1.29, 1.82) is 0 Å². The second-order valence-electron chi connectivity index (χ2n) is 2.44. The van der Waals surface area contributed by atoms with Gasteiger partial charge >= 0.3 is 0 Å². The molecule has 0 aliphatic rings. The van der Waals surface area contributed by atoms with E-state index in [9.17, 15) is 13.2 Å². The van der Waals surface area contributed by atoms with Gasteiger partial charge in [0.15, 0.2) is 5.82 Å². The van der Waals surface area contributed by atoms with Crippen LogP contribution in [0.5, 0.6) is 5.75 Å². The monoisotopic (exact) mass is 225 g/mol. The minimum Gasteiger partial charge on any atom is -0.495 e. The Morgan fingerprint density at radius 1 is 1.57 bits per heavy atom. The minimum absolute atomic E-state index is 0.0712. The number of hydrogen-bond donors (Lipinski definition) is 0. The van der Waals surface area contributed by atoms with Crippen molar-refractivity contribution in [3.8, 4) is 5.75 Å². The van der Waals surface area contributed by atoms with E-state index in [1.165, 1.54) is 7.11 Å². The molecule has 0 aliphatic carbocycles. The topological polar surface area (TPSA) is 22.1 Å². The molecule has 78 valence electrons. The average Bonchev–Trinajstić information content (AvgIpc) is 2.16. The fourth-order valence-electron chi connectivity index (χ4n) is 0.952. The standard InChI is InChI=1S/C8H7ClF3NO/c1-14-6-2-4(10)7(8(11)12)13-5(6)3-9/h2,8H,3H2,1H3. The number of aromatic nitrogens is 1. The summed E-state index contributed by atoms with van der Waals surface area (Å²) in [6.45, 7) is 0. The highest BCUT2D eigenvalue weighted by atomic mass is 35.5. The van der Waals surface area contributed by atoms with Crippen LogP contribution in [-0.4, -0.2) is 12.1 Å². The van der Waals surface area contributed by atoms with Crippen molar-refractivity contribution >= 4 is 11.6 Å². The Kier molecular flexibility index (Phi) is 3.57. The average molecular weight is 226 g/mol. The van der Waals surface area contributed by atoms with Crippen molar-refractivity contribution in [3.05, 3.63) is 23.3 Å². The molecule has 14 heavy (non-hydrogen) atoms. The second-order valence-corrected chi connectivity index (χ2v) is 2.71. The summed E-state index contributed by atoms with van der Waals surface area (Å²) in [4.78, 5) is 3.38. The Hall–Kier alpha value is -0.970. The molecule has 0 unspecified atom stereocenters. The number of nitrogens with zero attached hydrogens (tertiary/aromatic N) is 1. The Balaban J connectivity index is 3.23. The molecular formula is C8H7ClF3NO. The molecule has 1 rings (SSSR count). The van der Waals surface area contributed by atoms with Crippen LogP contribution in [0.4, 0.5) is 13.2 Å². The molecule has 0 aliphatic heterocycles. The number of rotatable bonds is 3. The highest BCUT2D eigenvalue weighted by Gasteiger charge is 2.18. The first-order valence-electron chi connectivity index (χ1n) is 3.67. The molecule has 2 nitrogen and oxygen atoms in total. The Bertz CT molecular complexity index is 333. The lowest BCUT2D eigenvalue weighted by molar-refractivity contribution is 0.140. The molecule has 0 bridgehead atoms. The minimum atomic E-state index is -2.96. The molecule has 1 aromatic rings. The maximum Gasteiger partial charge on any atom is 0.283 e. The summed E-state index contributed by atoms with van der Waals surface area (Å²) in [7, 11) is 1.29. The van der Waals surface area contributed by atoms with E-state index in [4.69, 9.17) is 16.3 Å². The van der Waals surface area contributed by atoms with Gasteiger partial charge in [0.1, 0.15) is 11.4 Å². The molecule has 6 heteroatoms. The number of alkyl halides is 3. The summed E-state index contributed by atoms with van der Waals surface area (Å²) in [5.41, 5.74) is -0.799. The summed E-state index contributed by atoms with van der Waals surface area (Å²) < 4.78 is 42.0. The zero-order valence-corrected chi connectivity index (χ0v) is 7.99. The van der Waals surface area contributed by atoms with Gasteiger partial charge in [0.25, 0.3) is 6.43 Å². The lowest BCUT2D eigenvalue weighted by Crippen LogP contribution is -2.02. The van der Waals surface area contributed by atoms with E-state index in [2.05, 4.69) is 4.98 Å². The molecule has 0 saturated heterocycles. The van der Waals surface area contributed by atoms with Crippen LogP contribution in [0.1, 0.15) is 17.8 Å². The number of halogens is 4. The van der Waals surface area contributed by atoms with E-state index in [1.807, 2.05) is 0 Å². The lowest BCUT2D eigenvalue weighted by Gasteiger charge is -2.08. The van der Waals surface area contributed by atoms with Crippen molar-refractivity contribution < 1.29 is 17.9 Å². The Morgan fingerprint density at radius 2 is 2.21 bits per heavy atom. The van der Waals surface area contributed by atoms with Gasteiger partial charge in [0.2, 0.25) is 0 Å². The van der Waals surface area contributed by atoms with Crippen LogP contribution < -0.4 is 4.74 Å². The molecule has 0 saturated carbocycles. The highest BCUT2D eigenvalue weighted by molar-refractivity contribution is 6.17. The summed E-state index contributed by atoms with van der Waals surface area (Å²) in [5.74, 6) is -1.13. The zero-order valence-electron chi connectivity index (χ0n) is 7.23. The van der Waals surface area contributed by atoms with Crippen LogP contribution in [0.25, 0.3) is 0 Å². The van der Waals surface area contributed by atoms with E-state index in [-0.39, 0.29) is 17.3 Å². The second kappa shape index (κ2) is 4.50. The van der Waals surface area contributed by atoms with Gasteiger partial charge < -0.3 is 4.74 Å². The van der Waals surface area contributed by atoms with Crippen molar-refractivity contribution in [3.63, 3.8) is 0 Å². The van der Waals surface area contributed by atoms with E-state index in [0.29, 0.717) is 0 Å². The van der Waals surface area contributed by atoms with Gasteiger partial charge in [-0.05, 0) is 0 Å². The van der Waals surface area contributed by atoms with Crippen LogP contribution in [-0.2, 0) is 5.88 Å². The summed E-state index contributed by atoms with van der Waals surface area (Å²) in [6, 6.07) is 0.853. The molecule has 0 radical (unpaired) electrons. The van der Waals surface area contributed by atoms with Crippen molar-refractivity contribution in [2.45, 2.75) is 12.3 Å². The first kappa shape index (κ1) is 11.1. The normalized spacial score (nSPS) is 10.7. The third kappa shape index (κ3) is 2.09. The van der Waals surface area contributed by atoms with Crippen LogP contribution in [0, 0.1) is 5.82 Å². The Labute approximate surface area is 83.7 Å². The van der Waals surface area contributed by atoms with Gasteiger partial charge in [-0.15, -0.1) is 11.6 Å². The fourth-order valence-corrected chi connectivity index (χ4v) is 1.14. The number of methoxy groups -OCH3 is 1. The first-order valence-corrected chi connectivity index (χ1v) is 4.21. The smallest absolute Gasteiger partial charge is 0.283 e. The number of hydrogen-bond acceptors (Lipinski definition) is 2. The lowest BCUT2D eigenvalue weighted by atomic mass is 10.3. The number of pyridine rings is 1. The predicted octanol–water partition coefficient (Wildman–Crippen LogP) is 2.91. The fraction of sp³-hybridized carbons (Fsp3) is 0.375. The third-order valence-electron chi connectivity index (χ3n) is 1.60. The van der Waals surface area contributed by atoms with Gasteiger partial charge in [-0.25, -0.2) is 18.2 Å². The molecule has 0 fully saturated rings. The first-order chi connectivity index (χ1) is 6.60. The SMILES string of the molecule is COc1cc(F)c(C(F)F)nc1CCl. The predicted molar refractivity (Wildman–Crippen MR) is 45.3 cm³/mol. The van der Waals surface area contributed by atoms with Crippen LogP contribution in [0.2, 0.25) is 0 Å². The third-order valence-corrected chi connectivity index (χ3v) is 1.85. The van der Waals surface area contributed by atoms with E-state index in [1.54, 1.807) is 0 Å². The highest BCUT2D eigenvalue weighted by Crippen LogP contribution is 2.26. The largest absolute Gasteiger partial charge is 0.495 e. The van der Waals surface area contributed by atoms with Crippen molar-refractivity contribution in [1.82, 2.24) is 4.98 Å². The van der Waals surface area contributed by atoms with Gasteiger partial charge in [-0.3, -0.25) is 0 Å². The molecule has 1 heterocycles.